The minimum Gasteiger partial charge on any atom is -0.312 e. The summed E-state index contributed by atoms with van der Waals surface area (Å²) in [6.07, 6.45) is 5.54. The van der Waals surface area contributed by atoms with Crippen molar-refractivity contribution in [1.29, 1.82) is 0 Å². The Balaban J connectivity index is 2.40. The molecule has 0 aromatic rings. The van der Waals surface area contributed by atoms with Gasteiger partial charge in [-0.1, -0.05) is 32.1 Å². The van der Waals surface area contributed by atoms with E-state index in [0.29, 0.717) is 0 Å². The topological polar surface area (TPSA) is 12.0 Å². The van der Waals surface area contributed by atoms with Gasteiger partial charge in [-0.3, -0.25) is 0 Å². The summed E-state index contributed by atoms with van der Waals surface area (Å²) in [7, 11) is 1.60. The van der Waals surface area contributed by atoms with Gasteiger partial charge in [0.1, 0.15) is 0 Å². The van der Waals surface area contributed by atoms with Crippen molar-refractivity contribution in [1.82, 2.24) is 5.32 Å². The van der Waals surface area contributed by atoms with Gasteiger partial charge in [0.05, 0.1) is 6.04 Å². The largest absolute Gasteiger partial charge is 0.312 e. The molecule has 1 atom stereocenters. The maximum Gasteiger partial charge on any atom is 0.263 e. The Bertz CT molecular complexity index is 165. The van der Waals surface area contributed by atoms with Crippen LogP contribution in [0.15, 0.2) is 0 Å². The first kappa shape index (κ1) is 11.9. The van der Waals surface area contributed by atoms with Crippen LogP contribution in [0.1, 0.15) is 45.4 Å². The predicted octanol–water partition coefficient (Wildman–Crippen LogP) is 3.20. The highest BCUT2D eigenvalue weighted by molar-refractivity contribution is 4.82. The van der Waals surface area contributed by atoms with E-state index in [1.807, 2.05) is 0 Å². The van der Waals surface area contributed by atoms with E-state index in [0.717, 1.165) is 25.7 Å². The normalized spacial score (nSPS) is 22.3. The van der Waals surface area contributed by atoms with Crippen molar-refractivity contribution in [2.24, 2.45) is 5.92 Å². The van der Waals surface area contributed by atoms with Crippen LogP contribution >= 0.6 is 0 Å². The summed E-state index contributed by atoms with van der Waals surface area (Å²) in [5, 5.41) is 2.64. The second-order valence-electron chi connectivity index (χ2n) is 4.48. The van der Waals surface area contributed by atoms with Gasteiger partial charge in [0.2, 0.25) is 0 Å². The fourth-order valence-corrected chi connectivity index (χ4v) is 2.16. The van der Waals surface area contributed by atoms with Crippen molar-refractivity contribution in [3.8, 4) is 0 Å². The smallest absolute Gasteiger partial charge is 0.263 e. The standard InChI is InChI=1S/C11H21F2N/c1-9(14-2)11(12,13)8-10-6-4-3-5-7-10/h9-10,14H,3-8H2,1-2H3. The number of nitrogens with one attached hydrogen (secondary N) is 1. The van der Waals surface area contributed by atoms with Crippen LogP contribution in [-0.4, -0.2) is 19.0 Å². The number of hydrogen-bond acceptors (Lipinski definition) is 1. The van der Waals surface area contributed by atoms with Crippen LogP contribution in [0.4, 0.5) is 8.78 Å². The first-order chi connectivity index (χ1) is 6.56. The van der Waals surface area contributed by atoms with Crippen LogP contribution in [0.3, 0.4) is 0 Å². The second kappa shape index (κ2) is 5.06. The Hall–Kier alpha value is -0.180. The van der Waals surface area contributed by atoms with Crippen molar-refractivity contribution in [3.63, 3.8) is 0 Å². The number of halogens is 2. The van der Waals surface area contributed by atoms with Gasteiger partial charge in [-0.25, -0.2) is 8.78 Å². The van der Waals surface area contributed by atoms with E-state index in [4.69, 9.17) is 0 Å². The highest BCUT2D eigenvalue weighted by Crippen LogP contribution is 2.34. The summed E-state index contributed by atoms with van der Waals surface area (Å²) >= 11 is 0. The van der Waals surface area contributed by atoms with Gasteiger partial charge in [-0.15, -0.1) is 0 Å². The average molecular weight is 205 g/mol. The quantitative estimate of drug-likeness (QED) is 0.743. The summed E-state index contributed by atoms with van der Waals surface area (Å²) < 4.78 is 27.1. The van der Waals surface area contributed by atoms with Gasteiger partial charge in [0.25, 0.3) is 5.92 Å². The molecule has 1 aliphatic rings. The van der Waals surface area contributed by atoms with Crippen LogP contribution in [0.5, 0.6) is 0 Å². The molecule has 0 heterocycles. The molecule has 0 bridgehead atoms. The molecule has 14 heavy (non-hydrogen) atoms. The van der Waals surface area contributed by atoms with E-state index in [1.165, 1.54) is 6.42 Å². The number of hydrogen-bond donors (Lipinski definition) is 1. The Labute approximate surface area is 85.3 Å². The first-order valence-electron chi connectivity index (χ1n) is 5.61. The van der Waals surface area contributed by atoms with Crippen LogP contribution in [-0.2, 0) is 0 Å². The third kappa shape index (κ3) is 3.19. The summed E-state index contributed by atoms with van der Waals surface area (Å²) in [6.45, 7) is 1.56. The van der Waals surface area contributed by atoms with E-state index in [9.17, 15) is 8.78 Å². The van der Waals surface area contributed by atoms with Crippen LogP contribution in [0, 0.1) is 5.92 Å². The molecule has 0 aromatic carbocycles. The molecule has 1 nitrogen and oxygen atoms in total. The fraction of sp³-hybridized carbons (Fsp3) is 1.00. The van der Waals surface area contributed by atoms with E-state index in [2.05, 4.69) is 5.32 Å². The highest BCUT2D eigenvalue weighted by Gasteiger charge is 2.37. The molecule has 1 unspecified atom stereocenters. The zero-order chi connectivity index (χ0) is 10.6. The summed E-state index contributed by atoms with van der Waals surface area (Å²) in [4.78, 5) is 0. The molecular weight excluding hydrogens is 184 g/mol. The molecule has 3 heteroatoms. The van der Waals surface area contributed by atoms with Gasteiger partial charge in [-0.2, -0.15) is 0 Å². The van der Waals surface area contributed by atoms with Crippen molar-refractivity contribution in [2.75, 3.05) is 7.05 Å². The minimum absolute atomic E-state index is 0.0645. The zero-order valence-electron chi connectivity index (χ0n) is 9.15. The van der Waals surface area contributed by atoms with E-state index < -0.39 is 12.0 Å². The van der Waals surface area contributed by atoms with Crippen LogP contribution in [0.2, 0.25) is 0 Å². The van der Waals surface area contributed by atoms with E-state index in [-0.39, 0.29) is 12.3 Å². The van der Waals surface area contributed by atoms with Gasteiger partial charge in [-0.05, 0) is 19.9 Å². The zero-order valence-corrected chi connectivity index (χ0v) is 9.15. The summed E-state index contributed by atoms with van der Waals surface area (Å²) in [5.74, 6) is -2.30. The van der Waals surface area contributed by atoms with Crippen molar-refractivity contribution < 1.29 is 8.78 Å². The van der Waals surface area contributed by atoms with Gasteiger partial charge < -0.3 is 5.32 Å². The lowest BCUT2D eigenvalue weighted by atomic mass is 9.84. The van der Waals surface area contributed by atoms with Gasteiger partial charge >= 0.3 is 0 Å². The SMILES string of the molecule is CNC(C)C(F)(F)CC1CCCCC1. The third-order valence-corrected chi connectivity index (χ3v) is 3.35. The van der Waals surface area contributed by atoms with Gasteiger partial charge in [0.15, 0.2) is 0 Å². The van der Waals surface area contributed by atoms with Crippen molar-refractivity contribution >= 4 is 0 Å². The molecule has 0 aliphatic heterocycles. The van der Waals surface area contributed by atoms with E-state index >= 15 is 0 Å². The van der Waals surface area contributed by atoms with Crippen molar-refractivity contribution in [3.05, 3.63) is 0 Å². The number of alkyl halides is 2. The highest BCUT2D eigenvalue weighted by atomic mass is 19.3. The molecule has 0 saturated heterocycles. The van der Waals surface area contributed by atoms with E-state index in [1.54, 1.807) is 14.0 Å². The molecule has 1 aliphatic carbocycles. The Kier molecular flexibility index (Phi) is 4.30. The first-order valence-corrected chi connectivity index (χ1v) is 5.61. The molecule has 1 fully saturated rings. The fourth-order valence-electron chi connectivity index (χ4n) is 2.16. The molecule has 1 N–H and O–H groups in total. The minimum atomic E-state index is -2.54. The van der Waals surface area contributed by atoms with Crippen LogP contribution < -0.4 is 5.32 Å². The maximum absolute atomic E-state index is 13.5. The Morgan fingerprint density at radius 2 is 1.86 bits per heavy atom. The second-order valence-corrected chi connectivity index (χ2v) is 4.48. The third-order valence-electron chi connectivity index (χ3n) is 3.35. The predicted molar refractivity (Wildman–Crippen MR) is 54.7 cm³/mol. The molecule has 1 rings (SSSR count). The van der Waals surface area contributed by atoms with Crippen molar-refractivity contribution in [2.45, 2.75) is 57.4 Å². The monoisotopic (exact) mass is 205 g/mol. The lowest BCUT2D eigenvalue weighted by Crippen LogP contribution is -2.42. The molecular formula is C11H21F2N. The summed E-state index contributed by atoms with van der Waals surface area (Å²) in [5.41, 5.74) is 0. The molecule has 0 radical (unpaired) electrons. The lowest BCUT2D eigenvalue weighted by Gasteiger charge is -2.29. The Morgan fingerprint density at radius 1 is 1.29 bits per heavy atom. The Morgan fingerprint density at radius 3 is 2.36 bits per heavy atom. The van der Waals surface area contributed by atoms with Crippen LogP contribution in [0.25, 0.3) is 0 Å². The molecule has 1 saturated carbocycles. The molecule has 0 amide bonds. The van der Waals surface area contributed by atoms with Gasteiger partial charge in [0, 0.05) is 6.42 Å². The number of rotatable bonds is 4. The maximum atomic E-state index is 13.5. The lowest BCUT2D eigenvalue weighted by molar-refractivity contribution is -0.0540. The molecule has 0 aromatic heterocycles. The molecule has 84 valence electrons. The molecule has 0 spiro atoms. The summed E-state index contributed by atoms with van der Waals surface area (Å²) in [6, 6.07) is -0.704. The average Bonchev–Trinajstić information content (AvgIpc) is 2.17.